The predicted octanol–water partition coefficient (Wildman–Crippen LogP) is 6.39. The van der Waals surface area contributed by atoms with Gasteiger partial charge < -0.3 is 4.48 Å². The van der Waals surface area contributed by atoms with Crippen LogP contribution in [0, 0.1) is 0 Å². The Balaban J connectivity index is 1.67. The minimum Gasteiger partial charge on any atom is -0.374 e. The van der Waals surface area contributed by atoms with Crippen LogP contribution >= 0.6 is 34.0 Å². The second-order valence-corrected chi connectivity index (χ2v) is 10.6. The fraction of sp³-hybridized carbons (Fsp3) is 0. The van der Waals surface area contributed by atoms with E-state index < -0.39 is 0 Å². The summed E-state index contributed by atoms with van der Waals surface area (Å²) in [5.74, 6) is 0. The summed E-state index contributed by atoms with van der Waals surface area (Å²) in [5, 5.41) is 6.49. The summed E-state index contributed by atoms with van der Waals surface area (Å²) >= 11 is 5.40. The molecule has 6 rings (SSSR count). The first-order valence-electron chi connectivity index (χ1n) is 10.7. The molecule has 5 heterocycles. The molecule has 158 valence electrons. The third kappa shape index (κ3) is 3.80. The minimum absolute atomic E-state index is 0.0979. The van der Waals surface area contributed by atoms with Crippen LogP contribution in [0.5, 0.6) is 0 Å². The van der Waals surface area contributed by atoms with Crippen molar-refractivity contribution in [1.82, 2.24) is 4.48 Å². The Morgan fingerprint density at radius 3 is 2.06 bits per heavy atom. The maximum atomic E-state index is 4.72. The molecule has 0 saturated carbocycles. The van der Waals surface area contributed by atoms with E-state index in [9.17, 15) is 0 Å². The van der Waals surface area contributed by atoms with Gasteiger partial charge in [-0.3, -0.25) is 4.99 Å². The van der Waals surface area contributed by atoms with Gasteiger partial charge in [0.1, 0.15) is 0 Å². The summed E-state index contributed by atoms with van der Waals surface area (Å²) in [5.41, 5.74) is 5.72. The molecule has 0 radical (unpaired) electrons. The Morgan fingerprint density at radius 1 is 0.727 bits per heavy atom. The van der Waals surface area contributed by atoms with E-state index >= 15 is 0 Å². The van der Waals surface area contributed by atoms with Crippen molar-refractivity contribution in [2.45, 2.75) is 0 Å². The number of thiophene rings is 3. The van der Waals surface area contributed by atoms with E-state index in [1.165, 1.54) is 31.4 Å². The molecule has 2 nitrogen and oxygen atoms in total. The maximum absolute atomic E-state index is 4.72. The lowest BCUT2D eigenvalue weighted by Crippen LogP contribution is -2.47. The van der Waals surface area contributed by atoms with Crippen LogP contribution < -0.4 is 9.55 Å². The van der Waals surface area contributed by atoms with Gasteiger partial charge in [-0.15, -0.1) is 11.3 Å². The quantitative estimate of drug-likeness (QED) is 0.252. The largest absolute Gasteiger partial charge is 0.374 e. The van der Waals surface area contributed by atoms with Gasteiger partial charge in [0.05, 0.1) is 5.70 Å². The Kier molecular flexibility index (Phi) is 5.56. The third-order valence-electron chi connectivity index (χ3n) is 5.70. The van der Waals surface area contributed by atoms with E-state index in [2.05, 4.69) is 106 Å². The number of allylic oxidation sites excluding steroid dienone is 2. The van der Waals surface area contributed by atoms with Gasteiger partial charge in [-0.05, 0) is 52.1 Å². The molecule has 0 spiro atoms. The van der Waals surface area contributed by atoms with Crippen LogP contribution in [-0.2, 0) is 0 Å². The molecule has 0 fully saturated rings. The van der Waals surface area contributed by atoms with E-state index in [1.54, 1.807) is 11.3 Å². The van der Waals surface area contributed by atoms with Crippen molar-refractivity contribution in [3.63, 3.8) is 0 Å². The topological polar surface area (TPSA) is 17.3 Å². The molecule has 0 saturated heterocycles. The molecule has 0 unspecified atom stereocenters. The highest BCUT2D eigenvalue weighted by Gasteiger charge is 2.31. The molecular formula is C27H19BN2S3. The van der Waals surface area contributed by atoms with Gasteiger partial charge in [0.15, 0.2) is 0 Å². The van der Waals surface area contributed by atoms with Crippen LogP contribution in [0.1, 0.15) is 11.3 Å². The van der Waals surface area contributed by atoms with E-state index in [0.717, 1.165) is 11.3 Å². The molecule has 0 N–H and O–H groups in total. The van der Waals surface area contributed by atoms with Gasteiger partial charge in [0.2, 0.25) is 0 Å². The molecule has 1 aliphatic heterocycles. The number of hydrogen-bond acceptors (Lipinski definition) is 4. The molecular weight excluding hydrogens is 459 g/mol. The average Bonchev–Trinajstić information content (AvgIpc) is 3.69. The smallest absolute Gasteiger partial charge is 0.349 e. The molecule has 1 aliphatic rings. The van der Waals surface area contributed by atoms with Crippen molar-refractivity contribution in [2.75, 3.05) is 0 Å². The minimum atomic E-state index is 0.0979. The van der Waals surface area contributed by atoms with Gasteiger partial charge in [0.25, 0.3) is 0 Å². The molecule has 33 heavy (non-hydrogen) atoms. The summed E-state index contributed by atoms with van der Waals surface area (Å²) in [7, 11) is 0. The number of nitrogens with zero attached hydrogens (tertiary/aromatic N) is 2. The second kappa shape index (κ2) is 8.98. The normalized spacial score (nSPS) is 14.2. The molecule has 0 atom stereocenters. The second-order valence-electron chi connectivity index (χ2n) is 7.65. The molecule has 5 aromatic rings. The lowest BCUT2D eigenvalue weighted by molar-refractivity contribution is 1.19. The monoisotopic (exact) mass is 478 g/mol. The zero-order valence-electron chi connectivity index (χ0n) is 17.7. The number of rotatable bonds is 6. The van der Waals surface area contributed by atoms with Crippen LogP contribution in [0.4, 0.5) is 0 Å². The van der Waals surface area contributed by atoms with Gasteiger partial charge >= 0.3 is 6.85 Å². The van der Waals surface area contributed by atoms with Crippen molar-refractivity contribution >= 4 is 62.2 Å². The third-order valence-corrected chi connectivity index (χ3v) is 8.45. The Hall–Kier alpha value is -3.19. The zero-order valence-corrected chi connectivity index (χ0v) is 20.1. The maximum Gasteiger partial charge on any atom is 0.349 e. The summed E-state index contributed by atoms with van der Waals surface area (Å²) in [6.07, 6.45) is 6.00. The van der Waals surface area contributed by atoms with E-state index in [4.69, 9.17) is 4.99 Å². The number of aromatic nitrogens is 1. The van der Waals surface area contributed by atoms with Crippen molar-refractivity contribution < 1.29 is 0 Å². The molecule has 1 aromatic carbocycles. The van der Waals surface area contributed by atoms with E-state index in [-0.39, 0.29) is 6.85 Å². The van der Waals surface area contributed by atoms with Crippen molar-refractivity contribution in [3.8, 4) is 10.6 Å². The molecule has 0 amide bonds. The van der Waals surface area contributed by atoms with Gasteiger partial charge in [-0.2, -0.15) is 22.7 Å². The first-order valence-corrected chi connectivity index (χ1v) is 13.4. The Labute approximate surface area is 205 Å². The van der Waals surface area contributed by atoms with Crippen LogP contribution in [0.2, 0.25) is 0 Å². The molecule has 0 aliphatic carbocycles. The Morgan fingerprint density at radius 2 is 1.45 bits per heavy atom. The predicted molar refractivity (Wildman–Crippen MR) is 147 cm³/mol. The summed E-state index contributed by atoms with van der Waals surface area (Å²) in [4.78, 5) is 5.99. The lowest BCUT2D eigenvalue weighted by atomic mass is 9.58. The standard InChI is InChI=1S/C27H19BN2S3/c1-2-8-20(9-3-1)27(21-10-4-16-29-21)23-15-14-22(24-11-5-17-31-24)30(23)28(25-12-6-18-32-25)26-13-7-19-33-26/h1-19H/b27-21-. The van der Waals surface area contributed by atoms with Crippen LogP contribution in [0.25, 0.3) is 16.1 Å². The highest BCUT2D eigenvalue weighted by atomic mass is 32.1. The zero-order chi connectivity index (χ0) is 22.0. The number of aliphatic imine (C=N–C) groups is 1. The summed E-state index contributed by atoms with van der Waals surface area (Å²) in [6, 6.07) is 28.3. The van der Waals surface area contributed by atoms with Crippen LogP contribution in [0.3, 0.4) is 0 Å². The first kappa shape index (κ1) is 20.4. The highest BCUT2D eigenvalue weighted by molar-refractivity contribution is 7.30. The first-order chi connectivity index (χ1) is 16.4. The molecule has 4 aromatic heterocycles. The highest BCUT2D eigenvalue weighted by Crippen LogP contribution is 2.35. The fourth-order valence-corrected chi connectivity index (χ4v) is 6.81. The van der Waals surface area contributed by atoms with Crippen LogP contribution in [-0.4, -0.2) is 17.5 Å². The van der Waals surface area contributed by atoms with Gasteiger partial charge in [-0.1, -0.05) is 60.7 Å². The van der Waals surface area contributed by atoms with Gasteiger partial charge in [-0.25, -0.2) is 0 Å². The summed E-state index contributed by atoms with van der Waals surface area (Å²) in [6.45, 7) is 0.0979. The summed E-state index contributed by atoms with van der Waals surface area (Å²) < 4.78 is 5.17. The SMILES string of the molecule is C1=C/C(=C(\c2ccccc2)c2ccc(-c3cccs3)n2B(c2cccs2)c2cccs2)N=C1. The van der Waals surface area contributed by atoms with Crippen molar-refractivity contribution in [1.29, 1.82) is 0 Å². The average molecular weight is 478 g/mol. The van der Waals surface area contributed by atoms with Crippen molar-refractivity contribution in [3.05, 3.63) is 124 Å². The Bertz CT molecular complexity index is 1390. The number of hydrogen-bond donors (Lipinski definition) is 0. The van der Waals surface area contributed by atoms with Crippen LogP contribution in [0.15, 0.2) is 118 Å². The lowest BCUT2D eigenvalue weighted by Gasteiger charge is -2.22. The van der Waals surface area contributed by atoms with Crippen molar-refractivity contribution in [2.24, 2.45) is 4.99 Å². The molecule has 6 heteroatoms. The fourth-order valence-electron chi connectivity index (χ4n) is 4.32. The number of benzene rings is 1. The van der Waals surface area contributed by atoms with E-state index in [1.807, 2.05) is 35.0 Å². The molecule has 0 bridgehead atoms. The van der Waals surface area contributed by atoms with Gasteiger partial charge in [0, 0.05) is 37.6 Å². The van der Waals surface area contributed by atoms with E-state index in [0.29, 0.717) is 0 Å².